The van der Waals surface area contributed by atoms with E-state index in [0.717, 1.165) is 24.3 Å². The van der Waals surface area contributed by atoms with Crippen LogP contribution in [0, 0.1) is 12.7 Å². The quantitative estimate of drug-likeness (QED) is 0.662. The van der Waals surface area contributed by atoms with Crippen molar-refractivity contribution in [2.24, 2.45) is 0 Å². The molecular formula is C12H16FN. The molecule has 1 saturated heterocycles. The van der Waals surface area contributed by atoms with Crippen LogP contribution in [0.3, 0.4) is 0 Å². The highest BCUT2D eigenvalue weighted by Gasteiger charge is 2.14. The molecule has 14 heavy (non-hydrogen) atoms. The van der Waals surface area contributed by atoms with Crippen LogP contribution in [-0.2, 0) is 0 Å². The third-order valence-corrected chi connectivity index (χ3v) is 2.80. The molecule has 0 amide bonds. The van der Waals surface area contributed by atoms with Gasteiger partial charge in [0.25, 0.3) is 0 Å². The van der Waals surface area contributed by atoms with Crippen LogP contribution in [-0.4, -0.2) is 13.1 Å². The lowest BCUT2D eigenvalue weighted by Gasteiger charge is -2.29. The van der Waals surface area contributed by atoms with E-state index in [1.165, 1.54) is 19.3 Å². The first-order valence-electron chi connectivity index (χ1n) is 5.28. The molecule has 1 nitrogen and oxygen atoms in total. The zero-order valence-electron chi connectivity index (χ0n) is 8.59. The zero-order valence-corrected chi connectivity index (χ0v) is 8.59. The van der Waals surface area contributed by atoms with Crippen molar-refractivity contribution >= 4 is 5.69 Å². The van der Waals surface area contributed by atoms with E-state index in [0.29, 0.717) is 0 Å². The zero-order chi connectivity index (χ0) is 9.97. The minimum absolute atomic E-state index is 0.0769. The number of piperidine rings is 1. The Hall–Kier alpha value is -1.05. The minimum Gasteiger partial charge on any atom is -0.369 e. The first-order chi connectivity index (χ1) is 6.77. The third-order valence-electron chi connectivity index (χ3n) is 2.80. The van der Waals surface area contributed by atoms with Gasteiger partial charge >= 0.3 is 0 Å². The summed E-state index contributed by atoms with van der Waals surface area (Å²) in [6, 6.07) is 5.49. The molecule has 0 spiro atoms. The van der Waals surface area contributed by atoms with E-state index in [9.17, 15) is 4.39 Å². The van der Waals surface area contributed by atoms with Crippen LogP contribution in [0.4, 0.5) is 10.1 Å². The summed E-state index contributed by atoms with van der Waals surface area (Å²) >= 11 is 0. The Labute approximate surface area is 84.5 Å². The van der Waals surface area contributed by atoms with Crippen molar-refractivity contribution < 1.29 is 4.39 Å². The second kappa shape index (κ2) is 3.99. The van der Waals surface area contributed by atoms with Gasteiger partial charge in [-0.25, -0.2) is 4.39 Å². The smallest absolute Gasteiger partial charge is 0.146 e. The van der Waals surface area contributed by atoms with E-state index < -0.39 is 0 Å². The van der Waals surface area contributed by atoms with Crippen LogP contribution in [0.2, 0.25) is 0 Å². The number of aryl methyl sites for hydroxylation is 1. The van der Waals surface area contributed by atoms with E-state index in [1.807, 2.05) is 19.1 Å². The van der Waals surface area contributed by atoms with Crippen LogP contribution in [0.15, 0.2) is 18.2 Å². The maximum Gasteiger partial charge on any atom is 0.146 e. The van der Waals surface area contributed by atoms with Crippen LogP contribution >= 0.6 is 0 Å². The van der Waals surface area contributed by atoms with Crippen molar-refractivity contribution in [3.8, 4) is 0 Å². The van der Waals surface area contributed by atoms with Gasteiger partial charge in [-0.15, -0.1) is 0 Å². The first kappa shape index (κ1) is 9.50. The fraction of sp³-hybridized carbons (Fsp3) is 0.500. The SMILES string of the molecule is Cc1ccc(N2CCCCC2)c(F)c1. The summed E-state index contributed by atoms with van der Waals surface area (Å²) in [4.78, 5) is 2.15. The number of benzene rings is 1. The molecule has 0 N–H and O–H groups in total. The molecule has 1 fully saturated rings. The summed E-state index contributed by atoms with van der Waals surface area (Å²) in [5.41, 5.74) is 1.76. The Morgan fingerprint density at radius 1 is 1.14 bits per heavy atom. The average Bonchev–Trinajstić information content (AvgIpc) is 2.19. The van der Waals surface area contributed by atoms with Crippen molar-refractivity contribution in [2.45, 2.75) is 26.2 Å². The van der Waals surface area contributed by atoms with Crippen molar-refractivity contribution in [1.82, 2.24) is 0 Å². The Kier molecular flexibility index (Phi) is 2.71. The van der Waals surface area contributed by atoms with Gasteiger partial charge in [0.05, 0.1) is 5.69 Å². The average molecular weight is 193 g/mol. The van der Waals surface area contributed by atoms with Gasteiger partial charge in [0.15, 0.2) is 0 Å². The highest BCUT2D eigenvalue weighted by atomic mass is 19.1. The van der Waals surface area contributed by atoms with Crippen molar-refractivity contribution in [1.29, 1.82) is 0 Å². The molecule has 0 aliphatic carbocycles. The maximum atomic E-state index is 13.6. The van der Waals surface area contributed by atoms with Gasteiger partial charge in [0.2, 0.25) is 0 Å². The molecule has 2 heteroatoms. The molecule has 0 saturated carbocycles. The summed E-state index contributed by atoms with van der Waals surface area (Å²) in [7, 11) is 0. The number of hydrogen-bond acceptors (Lipinski definition) is 1. The summed E-state index contributed by atoms with van der Waals surface area (Å²) in [6.07, 6.45) is 3.66. The second-order valence-corrected chi connectivity index (χ2v) is 4.00. The van der Waals surface area contributed by atoms with E-state index in [-0.39, 0.29) is 5.82 Å². The van der Waals surface area contributed by atoms with Gasteiger partial charge in [0.1, 0.15) is 5.82 Å². The van der Waals surface area contributed by atoms with Gasteiger partial charge in [-0.1, -0.05) is 6.07 Å². The van der Waals surface area contributed by atoms with E-state index in [2.05, 4.69) is 4.90 Å². The maximum absolute atomic E-state index is 13.6. The Bertz CT molecular complexity index is 316. The molecule has 0 aromatic heterocycles. The summed E-state index contributed by atoms with van der Waals surface area (Å²) in [5, 5.41) is 0. The predicted octanol–water partition coefficient (Wildman–Crippen LogP) is 3.12. The van der Waals surface area contributed by atoms with E-state index in [1.54, 1.807) is 6.07 Å². The van der Waals surface area contributed by atoms with Gasteiger partial charge < -0.3 is 4.90 Å². The number of nitrogens with zero attached hydrogens (tertiary/aromatic N) is 1. The number of anilines is 1. The monoisotopic (exact) mass is 193 g/mol. The molecular weight excluding hydrogens is 177 g/mol. The largest absolute Gasteiger partial charge is 0.369 e. The highest BCUT2D eigenvalue weighted by molar-refractivity contribution is 5.49. The van der Waals surface area contributed by atoms with Crippen LogP contribution in [0.5, 0.6) is 0 Å². The molecule has 2 rings (SSSR count). The molecule has 1 aliphatic heterocycles. The van der Waals surface area contributed by atoms with Crippen LogP contribution < -0.4 is 4.90 Å². The molecule has 0 bridgehead atoms. The normalized spacial score (nSPS) is 17.1. The third kappa shape index (κ3) is 1.89. The second-order valence-electron chi connectivity index (χ2n) is 4.00. The molecule has 76 valence electrons. The Morgan fingerprint density at radius 2 is 1.86 bits per heavy atom. The minimum atomic E-state index is -0.0769. The van der Waals surface area contributed by atoms with Crippen molar-refractivity contribution in [3.63, 3.8) is 0 Å². The standard InChI is InChI=1S/C12H16FN/c1-10-5-6-12(11(13)9-10)14-7-3-2-4-8-14/h5-6,9H,2-4,7-8H2,1H3. The van der Waals surface area contributed by atoms with Crippen molar-refractivity contribution in [2.75, 3.05) is 18.0 Å². The lowest BCUT2D eigenvalue weighted by Crippen LogP contribution is -2.30. The predicted molar refractivity (Wildman–Crippen MR) is 57.2 cm³/mol. The lowest BCUT2D eigenvalue weighted by molar-refractivity contribution is 0.556. The fourth-order valence-electron chi connectivity index (χ4n) is 2.00. The summed E-state index contributed by atoms with van der Waals surface area (Å²) in [5.74, 6) is -0.0769. The van der Waals surface area contributed by atoms with Gasteiger partial charge in [-0.3, -0.25) is 0 Å². The molecule has 1 aromatic rings. The van der Waals surface area contributed by atoms with Crippen LogP contribution in [0.1, 0.15) is 24.8 Å². The molecule has 0 unspecified atom stereocenters. The molecule has 1 aliphatic rings. The Morgan fingerprint density at radius 3 is 2.50 bits per heavy atom. The molecule has 0 radical (unpaired) electrons. The summed E-state index contributed by atoms with van der Waals surface area (Å²) in [6.45, 7) is 3.92. The molecule has 0 atom stereocenters. The number of rotatable bonds is 1. The lowest BCUT2D eigenvalue weighted by atomic mass is 10.1. The first-order valence-corrected chi connectivity index (χ1v) is 5.28. The molecule has 1 aromatic carbocycles. The van der Waals surface area contributed by atoms with Gasteiger partial charge in [-0.05, 0) is 43.9 Å². The van der Waals surface area contributed by atoms with E-state index >= 15 is 0 Å². The van der Waals surface area contributed by atoms with Crippen molar-refractivity contribution in [3.05, 3.63) is 29.6 Å². The summed E-state index contributed by atoms with van der Waals surface area (Å²) < 4.78 is 13.6. The topological polar surface area (TPSA) is 3.24 Å². The highest BCUT2D eigenvalue weighted by Crippen LogP contribution is 2.23. The number of hydrogen-bond donors (Lipinski definition) is 0. The fourth-order valence-corrected chi connectivity index (χ4v) is 2.00. The number of halogens is 1. The van der Waals surface area contributed by atoms with Crippen LogP contribution in [0.25, 0.3) is 0 Å². The van der Waals surface area contributed by atoms with Gasteiger partial charge in [-0.2, -0.15) is 0 Å². The van der Waals surface area contributed by atoms with E-state index in [4.69, 9.17) is 0 Å². The van der Waals surface area contributed by atoms with Gasteiger partial charge in [0, 0.05) is 13.1 Å². The molecule has 1 heterocycles. The Balaban J connectivity index is 2.22.